The third-order valence-corrected chi connectivity index (χ3v) is 3.34. The monoisotopic (exact) mass is 218 g/mol. The van der Waals surface area contributed by atoms with Crippen molar-refractivity contribution in [3.63, 3.8) is 0 Å². The molecule has 3 heteroatoms. The molecule has 2 atom stereocenters. The molecule has 1 aromatic carbocycles. The molecule has 1 aliphatic heterocycles. The summed E-state index contributed by atoms with van der Waals surface area (Å²) < 4.78 is 0. The standard InChI is InChI=1S/C13H18N2O/c1-2-11-6-7-13(9-16)15(11)12-5-3-4-10(14)8-12/h3-5,8-9,11,13H,2,6-7,14H2,1H3. The molecule has 0 spiro atoms. The topological polar surface area (TPSA) is 46.3 Å². The number of hydrogen-bond acceptors (Lipinski definition) is 3. The average molecular weight is 218 g/mol. The summed E-state index contributed by atoms with van der Waals surface area (Å²) in [5, 5.41) is 0. The van der Waals surface area contributed by atoms with Gasteiger partial charge in [-0.05, 0) is 37.5 Å². The highest BCUT2D eigenvalue weighted by atomic mass is 16.1. The molecular formula is C13H18N2O. The zero-order valence-corrected chi connectivity index (χ0v) is 9.60. The maximum atomic E-state index is 11.1. The summed E-state index contributed by atoms with van der Waals surface area (Å²) in [6, 6.07) is 8.28. The van der Waals surface area contributed by atoms with Gasteiger partial charge in [0.2, 0.25) is 0 Å². The van der Waals surface area contributed by atoms with Crippen LogP contribution in [-0.4, -0.2) is 18.4 Å². The summed E-state index contributed by atoms with van der Waals surface area (Å²) in [7, 11) is 0. The Hall–Kier alpha value is -1.51. The molecule has 1 aliphatic rings. The van der Waals surface area contributed by atoms with Crippen molar-refractivity contribution in [3.8, 4) is 0 Å². The molecule has 0 aliphatic carbocycles. The van der Waals surface area contributed by atoms with Crippen LogP contribution in [-0.2, 0) is 4.79 Å². The van der Waals surface area contributed by atoms with Crippen LogP contribution in [0.1, 0.15) is 26.2 Å². The van der Waals surface area contributed by atoms with Gasteiger partial charge < -0.3 is 15.4 Å². The first-order valence-electron chi connectivity index (χ1n) is 5.85. The number of nitrogen functional groups attached to an aromatic ring is 1. The minimum absolute atomic E-state index is 0.0201. The van der Waals surface area contributed by atoms with E-state index in [-0.39, 0.29) is 6.04 Å². The summed E-state index contributed by atoms with van der Waals surface area (Å²) in [4.78, 5) is 13.3. The quantitative estimate of drug-likeness (QED) is 0.625. The van der Waals surface area contributed by atoms with Gasteiger partial charge in [0.05, 0.1) is 6.04 Å². The van der Waals surface area contributed by atoms with Gasteiger partial charge in [0.1, 0.15) is 6.29 Å². The van der Waals surface area contributed by atoms with Gasteiger partial charge in [-0.2, -0.15) is 0 Å². The Bertz CT molecular complexity index is 378. The molecule has 3 nitrogen and oxygen atoms in total. The summed E-state index contributed by atoms with van der Waals surface area (Å²) in [5.41, 5.74) is 7.61. The fourth-order valence-corrected chi connectivity index (χ4v) is 2.53. The molecule has 1 fully saturated rings. The van der Waals surface area contributed by atoms with Gasteiger partial charge in [-0.25, -0.2) is 0 Å². The molecule has 1 heterocycles. The second-order valence-corrected chi connectivity index (χ2v) is 4.35. The molecule has 1 aromatic rings. The van der Waals surface area contributed by atoms with Crippen LogP contribution in [0.2, 0.25) is 0 Å². The Morgan fingerprint density at radius 2 is 2.31 bits per heavy atom. The average Bonchev–Trinajstić information content (AvgIpc) is 2.71. The van der Waals surface area contributed by atoms with Crippen LogP contribution in [0, 0.1) is 0 Å². The van der Waals surface area contributed by atoms with E-state index in [1.54, 1.807) is 0 Å². The fraction of sp³-hybridized carbons (Fsp3) is 0.462. The highest BCUT2D eigenvalue weighted by molar-refractivity contribution is 5.69. The van der Waals surface area contributed by atoms with Gasteiger partial charge in [0, 0.05) is 17.4 Å². The lowest BCUT2D eigenvalue weighted by Crippen LogP contribution is -2.36. The molecule has 16 heavy (non-hydrogen) atoms. The van der Waals surface area contributed by atoms with Gasteiger partial charge in [-0.3, -0.25) is 0 Å². The largest absolute Gasteiger partial charge is 0.399 e. The van der Waals surface area contributed by atoms with Crippen molar-refractivity contribution in [2.45, 2.75) is 38.3 Å². The molecule has 1 saturated heterocycles. The van der Waals surface area contributed by atoms with Gasteiger partial charge in [0.25, 0.3) is 0 Å². The SMILES string of the molecule is CCC1CCC(C=O)N1c1cccc(N)c1. The maximum absolute atomic E-state index is 11.1. The minimum Gasteiger partial charge on any atom is -0.399 e. The van der Waals surface area contributed by atoms with Gasteiger partial charge in [0.15, 0.2) is 0 Å². The van der Waals surface area contributed by atoms with Crippen molar-refractivity contribution >= 4 is 17.7 Å². The lowest BCUT2D eigenvalue weighted by molar-refractivity contribution is -0.108. The van der Waals surface area contributed by atoms with Crippen LogP contribution in [0.4, 0.5) is 11.4 Å². The Morgan fingerprint density at radius 1 is 1.50 bits per heavy atom. The first-order chi connectivity index (χ1) is 7.76. The van der Waals surface area contributed by atoms with Gasteiger partial charge in [-0.1, -0.05) is 13.0 Å². The number of hydrogen-bond donors (Lipinski definition) is 1. The Kier molecular flexibility index (Phi) is 3.13. The summed E-state index contributed by atoms with van der Waals surface area (Å²) >= 11 is 0. The van der Waals surface area contributed by atoms with Gasteiger partial charge >= 0.3 is 0 Å². The van der Waals surface area contributed by atoms with Crippen molar-refractivity contribution < 1.29 is 4.79 Å². The number of benzene rings is 1. The molecule has 2 N–H and O–H groups in total. The number of carbonyl (C=O) groups excluding carboxylic acids is 1. The number of aldehydes is 1. The van der Waals surface area contributed by atoms with E-state index in [0.29, 0.717) is 6.04 Å². The van der Waals surface area contributed by atoms with Crippen LogP contribution in [0.25, 0.3) is 0 Å². The number of nitrogens with zero attached hydrogens (tertiary/aromatic N) is 1. The third kappa shape index (κ3) is 1.90. The van der Waals surface area contributed by atoms with Crippen molar-refractivity contribution in [1.29, 1.82) is 0 Å². The smallest absolute Gasteiger partial charge is 0.142 e. The highest BCUT2D eigenvalue weighted by Gasteiger charge is 2.31. The highest BCUT2D eigenvalue weighted by Crippen LogP contribution is 2.32. The molecule has 0 amide bonds. The summed E-state index contributed by atoms with van der Waals surface area (Å²) in [6.07, 6.45) is 4.17. The Morgan fingerprint density at radius 3 is 2.94 bits per heavy atom. The van der Waals surface area contributed by atoms with E-state index in [4.69, 9.17) is 5.73 Å². The molecule has 0 aromatic heterocycles. The molecule has 0 bridgehead atoms. The second-order valence-electron chi connectivity index (χ2n) is 4.35. The van der Waals surface area contributed by atoms with E-state index in [1.165, 1.54) is 0 Å². The first kappa shape index (κ1) is 11.0. The van der Waals surface area contributed by atoms with Crippen molar-refractivity contribution in [3.05, 3.63) is 24.3 Å². The Balaban J connectivity index is 2.31. The number of anilines is 2. The third-order valence-electron chi connectivity index (χ3n) is 3.34. The van der Waals surface area contributed by atoms with Crippen molar-refractivity contribution in [1.82, 2.24) is 0 Å². The molecule has 0 saturated carbocycles. The molecule has 0 radical (unpaired) electrons. The minimum atomic E-state index is 0.0201. The van der Waals surface area contributed by atoms with Gasteiger partial charge in [-0.15, -0.1) is 0 Å². The number of nitrogens with two attached hydrogens (primary N) is 1. The van der Waals surface area contributed by atoms with Crippen LogP contribution >= 0.6 is 0 Å². The zero-order chi connectivity index (χ0) is 11.5. The Labute approximate surface area is 96.2 Å². The second kappa shape index (κ2) is 4.56. The predicted octanol–water partition coefficient (Wildman–Crippen LogP) is 2.22. The molecule has 2 rings (SSSR count). The van der Waals surface area contributed by atoms with Crippen LogP contribution in [0.15, 0.2) is 24.3 Å². The lowest BCUT2D eigenvalue weighted by atomic mass is 10.1. The molecular weight excluding hydrogens is 200 g/mol. The van der Waals surface area contributed by atoms with Crippen LogP contribution in [0.5, 0.6) is 0 Å². The summed E-state index contributed by atoms with van der Waals surface area (Å²) in [5.74, 6) is 0. The van der Waals surface area contributed by atoms with E-state index in [1.807, 2.05) is 24.3 Å². The number of carbonyl (C=O) groups is 1. The fourth-order valence-electron chi connectivity index (χ4n) is 2.53. The van der Waals surface area contributed by atoms with E-state index in [2.05, 4.69) is 11.8 Å². The summed E-state index contributed by atoms with van der Waals surface area (Å²) in [6.45, 7) is 2.16. The number of rotatable bonds is 3. The lowest BCUT2D eigenvalue weighted by Gasteiger charge is -2.29. The van der Waals surface area contributed by atoms with E-state index in [9.17, 15) is 4.79 Å². The first-order valence-corrected chi connectivity index (χ1v) is 5.85. The molecule has 2 unspecified atom stereocenters. The van der Waals surface area contributed by atoms with Crippen molar-refractivity contribution in [2.24, 2.45) is 0 Å². The van der Waals surface area contributed by atoms with Crippen LogP contribution in [0.3, 0.4) is 0 Å². The van der Waals surface area contributed by atoms with E-state index in [0.717, 1.165) is 36.9 Å². The normalized spacial score (nSPS) is 24.7. The molecule has 86 valence electrons. The van der Waals surface area contributed by atoms with Crippen molar-refractivity contribution in [2.75, 3.05) is 10.6 Å². The van der Waals surface area contributed by atoms with E-state index < -0.39 is 0 Å². The zero-order valence-electron chi connectivity index (χ0n) is 9.60. The van der Waals surface area contributed by atoms with E-state index >= 15 is 0 Å². The predicted molar refractivity (Wildman–Crippen MR) is 66.5 cm³/mol. The van der Waals surface area contributed by atoms with Crippen LogP contribution < -0.4 is 10.6 Å². The maximum Gasteiger partial charge on any atom is 0.142 e.